The summed E-state index contributed by atoms with van der Waals surface area (Å²) in [6.45, 7) is 8.99. The molecule has 0 radical (unpaired) electrons. The summed E-state index contributed by atoms with van der Waals surface area (Å²) in [4.78, 5) is 37.6. The summed E-state index contributed by atoms with van der Waals surface area (Å²) >= 11 is 0. The van der Waals surface area contributed by atoms with Crippen molar-refractivity contribution in [2.45, 2.75) is 297 Å². The first-order chi connectivity index (χ1) is 28.4. The average molecular weight is 821 g/mol. The summed E-state index contributed by atoms with van der Waals surface area (Å²) < 4.78 is 16.7. The van der Waals surface area contributed by atoms with Crippen LogP contribution in [0.25, 0.3) is 0 Å². The normalized spacial score (nSPS) is 12.4. The molecule has 0 rings (SSSR count). The van der Waals surface area contributed by atoms with Gasteiger partial charge >= 0.3 is 17.9 Å². The second kappa shape index (κ2) is 46.5. The largest absolute Gasteiger partial charge is 0.462 e. The van der Waals surface area contributed by atoms with E-state index in [-0.39, 0.29) is 31.1 Å². The van der Waals surface area contributed by atoms with Crippen LogP contribution in [0.5, 0.6) is 0 Å². The third kappa shape index (κ3) is 44.0. The number of hydrogen-bond donors (Lipinski definition) is 0. The molecule has 0 bridgehead atoms. The molecule has 58 heavy (non-hydrogen) atoms. The summed E-state index contributed by atoms with van der Waals surface area (Å²) in [5, 5.41) is 0. The van der Waals surface area contributed by atoms with Gasteiger partial charge in [0.15, 0.2) is 6.10 Å². The van der Waals surface area contributed by atoms with Gasteiger partial charge in [-0.25, -0.2) is 0 Å². The van der Waals surface area contributed by atoms with Crippen molar-refractivity contribution in [3.63, 3.8) is 0 Å². The minimum atomic E-state index is -0.759. The predicted octanol–water partition coefficient (Wildman–Crippen LogP) is 16.7. The molecular formula is C52H100O6. The van der Waals surface area contributed by atoms with Crippen LogP contribution in [0.15, 0.2) is 0 Å². The molecule has 0 amide bonds. The fourth-order valence-corrected chi connectivity index (χ4v) is 7.83. The summed E-state index contributed by atoms with van der Waals surface area (Å²) in [6.07, 6.45) is 48.3. The van der Waals surface area contributed by atoms with E-state index in [1.54, 1.807) is 0 Å². The van der Waals surface area contributed by atoms with Gasteiger partial charge in [0.05, 0.1) is 0 Å². The van der Waals surface area contributed by atoms with Gasteiger partial charge in [-0.15, -0.1) is 0 Å². The number of unbranched alkanes of at least 4 members (excludes halogenated alkanes) is 33. The Balaban J connectivity index is 4.11. The van der Waals surface area contributed by atoms with E-state index in [1.165, 1.54) is 180 Å². The molecular weight excluding hydrogens is 721 g/mol. The van der Waals surface area contributed by atoms with Gasteiger partial charge in [0, 0.05) is 19.3 Å². The van der Waals surface area contributed by atoms with E-state index >= 15 is 0 Å². The zero-order chi connectivity index (χ0) is 42.4. The first-order valence-corrected chi connectivity index (χ1v) is 25.9. The molecule has 6 nitrogen and oxygen atoms in total. The van der Waals surface area contributed by atoms with Crippen molar-refractivity contribution >= 4 is 17.9 Å². The van der Waals surface area contributed by atoms with Crippen molar-refractivity contribution in [3.8, 4) is 0 Å². The van der Waals surface area contributed by atoms with Gasteiger partial charge in [0.1, 0.15) is 13.2 Å². The van der Waals surface area contributed by atoms with Gasteiger partial charge in [0.25, 0.3) is 0 Å². The number of hydrogen-bond acceptors (Lipinski definition) is 6. The fraction of sp³-hybridized carbons (Fsp3) is 0.942. The quantitative estimate of drug-likeness (QED) is 0.0346. The lowest BCUT2D eigenvalue weighted by atomic mass is 9.99. The van der Waals surface area contributed by atoms with Crippen molar-refractivity contribution in [3.05, 3.63) is 0 Å². The maximum absolute atomic E-state index is 12.7. The zero-order valence-electron chi connectivity index (χ0n) is 39.5. The van der Waals surface area contributed by atoms with Crippen LogP contribution in [0.3, 0.4) is 0 Å². The molecule has 0 saturated heterocycles. The zero-order valence-corrected chi connectivity index (χ0v) is 39.5. The molecule has 0 aliphatic rings. The van der Waals surface area contributed by atoms with E-state index in [1.807, 2.05) is 0 Å². The van der Waals surface area contributed by atoms with Crippen molar-refractivity contribution in [1.82, 2.24) is 0 Å². The first kappa shape index (κ1) is 56.4. The molecule has 0 saturated carbocycles. The van der Waals surface area contributed by atoms with Crippen LogP contribution < -0.4 is 0 Å². The topological polar surface area (TPSA) is 78.9 Å². The van der Waals surface area contributed by atoms with E-state index < -0.39 is 6.10 Å². The molecule has 0 spiro atoms. The van der Waals surface area contributed by atoms with Crippen LogP contribution >= 0.6 is 0 Å². The van der Waals surface area contributed by atoms with Crippen LogP contribution in [0.2, 0.25) is 0 Å². The minimum Gasteiger partial charge on any atom is -0.462 e. The maximum atomic E-state index is 12.7. The standard InChI is InChI=1S/C52H100O6/c1-5-8-10-12-13-14-15-16-17-18-19-23-26-29-32-36-40-44-51(54)57-47-49(46-56-50(53)43-39-34-11-9-6-2)58-52(55)45-41-37-33-30-27-24-21-20-22-25-28-31-35-38-42-48(4)7-3/h48-49H,5-47H2,1-4H3/t48?,49-/m1/s1. The first-order valence-electron chi connectivity index (χ1n) is 25.9. The van der Waals surface area contributed by atoms with Crippen LogP contribution in [0.1, 0.15) is 291 Å². The second-order valence-electron chi connectivity index (χ2n) is 18.1. The monoisotopic (exact) mass is 821 g/mol. The highest BCUT2D eigenvalue weighted by molar-refractivity contribution is 5.71. The third-order valence-electron chi connectivity index (χ3n) is 12.2. The van der Waals surface area contributed by atoms with Crippen LogP contribution in [0.4, 0.5) is 0 Å². The lowest BCUT2D eigenvalue weighted by Gasteiger charge is -2.18. The van der Waals surface area contributed by atoms with Crippen molar-refractivity contribution in [2.24, 2.45) is 5.92 Å². The van der Waals surface area contributed by atoms with E-state index in [9.17, 15) is 14.4 Å². The Morgan fingerprint density at radius 1 is 0.345 bits per heavy atom. The van der Waals surface area contributed by atoms with Gasteiger partial charge in [-0.3, -0.25) is 14.4 Å². The molecule has 344 valence electrons. The van der Waals surface area contributed by atoms with Gasteiger partial charge in [-0.2, -0.15) is 0 Å². The van der Waals surface area contributed by atoms with Gasteiger partial charge in [0.2, 0.25) is 0 Å². The highest BCUT2D eigenvalue weighted by Gasteiger charge is 2.19. The maximum Gasteiger partial charge on any atom is 0.306 e. The summed E-state index contributed by atoms with van der Waals surface area (Å²) in [5.74, 6) is 0.0354. The Morgan fingerprint density at radius 2 is 0.603 bits per heavy atom. The van der Waals surface area contributed by atoms with Crippen LogP contribution in [-0.4, -0.2) is 37.2 Å². The third-order valence-corrected chi connectivity index (χ3v) is 12.2. The van der Waals surface area contributed by atoms with Gasteiger partial charge in [-0.05, 0) is 25.2 Å². The van der Waals surface area contributed by atoms with Crippen molar-refractivity contribution in [2.75, 3.05) is 13.2 Å². The Kier molecular flexibility index (Phi) is 45.2. The van der Waals surface area contributed by atoms with Crippen molar-refractivity contribution < 1.29 is 28.6 Å². The summed E-state index contributed by atoms with van der Waals surface area (Å²) in [7, 11) is 0. The molecule has 2 atom stereocenters. The number of carbonyl (C=O) groups excluding carboxylic acids is 3. The van der Waals surface area contributed by atoms with Gasteiger partial charge in [-0.1, -0.05) is 252 Å². The van der Waals surface area contributed by atoms with Gasteiger partial charge < -0.3 is 14.2 Å². The lowest BCUT2D eigenvalue weighted by Crippen LogP contribution is -2.30. The smallest absolute Gasteiger partial charge is 0.306 e. The van der Waals surface area contributed by atoms with Crippen molar-refractivity contribution in [1.29, 1.82) is 0 Å². The molecule has 0 aliphatic heterocycles. The molecule has 0 aromatic carbocycles. The highest BCUT2D eigenvalue weighted by Crippen LogP contribution is 2.18. The minimum absolute atomic E-state index is 0.0638. The Hall–Kier alpha value is -1.59. The van der Waals surface area contributed by atoms with E-state index in [0.29, 0.717) is 19.3 Å². The van der Waals surface area contributed by atoms with E-state index in [4.69, 9.17) is 14.2 Å². The second-order valence-corrected chi connectivity index (χ2v) is 18.1. The number of esters is 3. The van der Waals surface area contributed by atoms with E-state index in [2.05, 4.69) is 27.7 Å². The molecule has 0 aliphatic carbocycles. The molecule has 0 fully saturated rings. The van der Waals surface area contributed by atoms with E-state index in [0.717, 1.165) is 70.1 Å². The SMILES string of the molecule is CCCCCCCCCCCCCCCCCCCC(=O)OC[C@@H](COC(=O)CCCCCCC)OC(=O)CCCCCCCCCCCCCCCCC(C)CC. The fourth-order valence-electron chi connectivity index (χ4n) is 7.83. The number of ether oxygens (including phenoxy) is 3. The Labute approximate surface area is 361 Å². The lowest BCUT2D eigenvalue weighted by molar-refractivity contribution is -0.167. The van der Waals surface area contributed by atoms with Crippen LogP contribution in [0, 0.1) is 5.92 Å². The Bertz CT molecular complexity index is 874. The number of carbonyl (C=O) groups is 3. The highest BCUT2D eigenvalue weighted by atomic mass is 16.6. The average Bonchev–Trinajstić information content (AvgIpc) is 3.22. The predicted molar refractivity (Wildman–Crippen MR) is 247 cm³/mol. The summed E-state index contributed by atoms with van der Waals surface area (Å²) in [6, 6.07) is 0. The Morgan fingerprint density at radius 3 is 0.897 bits per heavy atom. The molecule has 0 N–H and O–H groups in total. The molecule has 6 heteroatoms. The molecule has 1 unspecified atom stereocenters. The summed E-state index contributed by atoms with van der Waals surface area (Å²) in [5.41, 5.74) is 0. The molecule has 0 heterocycles. The molecule has 0 aromatic rings. The molecule has 0 aromatic heterocycles. The number of rotatable bonds is 47. The van der Waals surface area contributed by atoms with Crippen LogP contribution in [-0.2, 0) is 28.6 Å².